The Balaban J connectivity index is 2.15. The van der Waals surface area contributed by atoms with Crippen molar-refractivity contribution in [1.82, 2.24) is 4.90 Å². The highest BCUT2D eigenvalue weighted by Crippen LogP contribution is 2.32. The SMILES string of the molecule is CN1Cc2cc(-c3cc(N=C(N)N)ccc3C(=O)O)ccc2C1=O. The highest BCUT2D eigenvalue weighted by Gasteiger charge is 2.25. The molecule has 1 amide bonds. The lowest BCUT2D eigenvalue weighted by Crippen LogP contribution is -2.21. The number of guanidine groups is 1. The molecule has 7 nitrogen and oxygen atoms in total. The molecular formula is C17H16N4O3. The molecule has 1 aliphatic rings. The van der Waals surface area contributed by atoms with Crippen molar-refractivity contribution in [2.45, 2.75) is 6.54 Å². The zero-order valence-corrected chi connectivity index (χ0v) is 13.0. The largest absolute Gasteiger partial charge is 0.478 e. The van der Waals surface area contributed by atoms with Crippen molar-refractivity contribution in [1.29, 1.82) is 0 Å². The number of carboxylic acids is 1. The molecule has 2 aromatic carbocycles. The molecule has 1 aliphatic heterocycles. The highest BCUT2D eigenvalue weighted by atomic mass is 16.4. The summed E-state index contributed by atoms with van der Waals surface area (Å²) in [7, 11) is 1.73. The Labute approximate surface area is 138 Å². The maximum atomic E-state index is 12.0. The number of carbonyl (C=O) groups excluding carboxylic acids is 1. The molecule has 0 aliphatic carbocycles. The van der Waals surface area contributed by atoms with Gasteiger partial charge in [0.15, 0.2) is 5.96 Å². The normalized spacial score (nSPS) is 12.9. The first-order chi connectivity index (χ1) is 11.4. The Hall–Kier alpha value is -3.35. The lowest BCUT2D eigenvalue weighted by Gasteiger charge is -2.09. The Morgan fingerprint density at radius 1 is 1.17 bits per heavy atom. The number of carbonyl (C=O) groups is 2. The number of benzene rings is 2. The molecule has 7 heteroatoms. The van der Waals surface area contributed by atoms with Crippen LogP contribution in [-0.4, -0.2) is 34.9 Å². The van der Waals surface area contributed by atoms with Crippen molar-refractivity contribution in [3.63, 3.8) is 0 Å². The van der Waals surface area contributed by atoms with Gasteiger partial charge in [-0.15, -0.1) is 0 Å². The van der Waals surface area contributed by atoms with E-state index in [-0.39, 0.29) is 17.4 Å². The Kier molecular flexibility index (Phi) is 3.69. The number of aromatic carboxylic acids is 1. The Bertz CT molecular complexity index is 885. The fourth-order valence-corrected chi connectivity index (χ4v) is 2.81. The number of hydrogen-bond acceptors (Lipinski definition) is 3. The minimum atomic E-state index is -1.05. The molecule has 0 fully saturated rings. The molecule has 0 spiro atoms. The van der Waals surface area contributed by atoms with Gasteiger partial charge in [-0.3, -0.25) is 4.79 Å². The molecule has 1 heterocycles. The minimum absolute atomic E-state index is 0.0377. The molecule has 0 saturated carbocycles. The Morgan fingerprint density at radius 3 is 2.58 bits per heavy atom. The van der Waals surface area contributed by atoms with Gasteiger partial charge in [0.2, 0.25) is 0 Å². The molecule has 5 N–H and O–H groups in total. The van der Waals surface area contributed by atoms with Crippen LogP contribution < -0.4 is 11.5 Å². The van der Waals surface area contributed by atoms with Gasteiger partial charge in [0.1, 0.15) is 0 Å². The summed E-state index contributed by atoms with van der Waals surface area (Å²) in [6.45, 7) is 0.498. The van der Waals surface area contributed by atoms with E-state index in [0.717, 1.165) is 5.56 Å². The average molecular weight is 324 g/mol. The van der Waals surface area contributed by atoms with Gasteiger partial charge in [-0.25, -0.2) is 9.79 Å². The van der Waals surface area contributed by atoms with E-state index < -0.39 is 5.97 Å². The molecule has 0 aromatic heterocycles. The summed E-state index contributed by atoms with van der Waals surface area (Å²) in [5.41, 5.74) is 14.1. The fourth-order valence-electron chi connectivity index (χ4n) is 2.81. The van der Waals surface area contributed by atoms with E-state index in [9.17, 15) is 14.7 Å². The van der Waals surface area contributed by atoms with Gasteiger partial charge in [0, 0.05) is 19.2 Å². The third-order valence-electron chi connectivity index (χ3n) is 3.89. The van der Waals surface area contributed by atoms with Crippen LogP contribution in [0.1, 0.15) is 26.3 Å². The van der Waals surface area contributed by atoms with Gasteiger partial charge in [-0.1, -0.05) is 6.07 Å². The first-order valence-electron chi connectivity index (χ1n) is 7.22. The fraction of sp³-hybridized carbons (Fsp3) is 0.118. The number of aliphatic imine (C=N–C) groups is 1. The van der Waals surface area contributed by atoms with Crippen LogP contribution in [0, 0.1) is 0 Å². The van der Waals surface area contributed by atoms with Crippen LogP contribution in [0.3, 0.4) is 0 Å². The second-order valence-corrected chi connectivity index (χ2v) is 5.60. The molecular weight excluding hydrogens is 308 g/mol. The van der Waals surface area contributed by atoms with E-state index in [1.807, 2.05) is 6.07 Å². The first kappa shape index (κ1) is 15.5. The van der Waals surface area contributed by atoms with E-state index in [2.05, 4.69) is 4.99 Å². The number of nitrogens with two attached hydrogens (primary N) is 2. The standard InChI is InChI=1S/C17H16N4O3/c1-21-8-10-6-9(2-4-12(10)15(21)22)14-7-11(20-17(18)19)3-5-13(14)16(23)24/h2-7H,8H2,1H3,(H,23,24)(H4,18,19,20). The smallest absolute Gasteiger partial charge is 0.336 e. The topological polar surface area (TPSA) is 122 Å². The molecule has 0 unspecified atom stereocenters. The molecule has 24 heavy (non-hydrogen) atoms. The molecule has 0 saturated heterocycles. The summed E-state index contributed by atoms with van der Waals surface area (Å²) < 4.78 is 0. The highest BCUT2D eigenvalue weighted by molar-refractivity contribution is 6.00. The van der Waals surface area contributed by atoms with E-state index in [4.69, 9.17) is 11.5 Å². The van der Waals surface area contributed by atoms with Gasteiger partial charge < -0.3 is 21.5 Å². The first-order valence-corrected chi connectivity index (χ1v) is 7.22. The van der Waals surface area contributed by atoms with Gasteiger partial charge in [-0.05, 0) is 47.0 Å². The molecule has 122 valence electrons. The molecule has 0 radical (unpaired) electrons. The second-order valence-electron chi connectivity index (χ2n) is 5.60. The number of nitrogens with zero attached hydrogens (tertiary/aromatic N) is 2. The number of hydrogen-bond donors (Lipinski definition) is 3. The van der Waals surface area contributed by atoms with Crippen LogP contribution in [0.25, 0.3) is 11.1 Å². The summed E-state index contributed by atoms with van der Waals surface area (Å²) >= 11 is 0. The van der Waals surface area contributed by atoms with Crippen LogP contribution in [0.15, 0.2) is 41.4 Å². The van der Waals surface area contributed by atoms with Crippen molar-refractivity contribution in [2.24, 2.45) is 16.5 Å². The van der Waals surface area contributed by atoms with Gasteiger partial charge >= 0.3 is 5.97 Å². The summed E-state index contributed by atoms with van der Waals surface area (Å²) in [4.78, 5) is 29.1. The zero-order valence-electron chi connectivity index (χ0n) is 13.0. The van der Waals surface area contributed by atoms with Crippen LogP contribution in [0.4, 0.5) is 5.69 Å². The summed E-state index contributed by atoms with van der Waals surface area (Å²) in [6.07, 6.45) is 0. The van der Waals surface area contributed by atoms with Crippen molar-refractivity contribution in [3.05, 3.63) is 53.1 Å². The van der Waals surface area contributed by atoms with Crippen LogP contribution in [-0.2, 0) is 6.54 Å². The van der Waals surface area contributed by atoms with Crippen LogP contribution >= 0.6 is 0 Å². The predicted molar refractivity (Wildman–Crippen MR) is 90.1 cm³/mol. The third kappa shape index (κ3) is 2.67. The second kappa shape index (κ2) is 5.69. The molecule has 2 aromatic rings. The summed E-state index contributed by atoms with van der Waals surface area (Å²) in [5.74, 6) is -1.19. The lowest BCUT2D eigenvalue weighted by atomic mass is 9.96. The van der Waals surface area contributed by atoms with Crippen LogP contribution in [0.2, 0.25) is 0 Å². The van der Waals surface area contributed by atoms with Crippen molar-refractivity contribution < 1.29 is 14.7 Å². The van der Waals surface area contributed by atoms with Crippen molar-refractivity contribution >= 4 is 23.5 Å². The van der Waals surface area contributed by atoms with Gasteiger partial charge in [0.05, 0.1) is 11.3 Å². The van der Waals surface area contributed by atoms with Crippen molar-refractivity contribution in [2.75, 3.05) is 7.05 Å². The van der Waals surface area contributed by atoms with E-state index >= 15 is 0 Å². The maximum absolute atomic E-state index is 12.0. The van der Waals surface area contributed by atoms with E-state index in [1.54, 1.807) is 30.1 Å². The molecule has 0 bridgehead atoms. The molecule has 3 rings (SSSR count). The zero-order chi connectivity index (χ0) is 17.4. The number of fused-ring (bicyclic) bond motifs is 1. The van der Waals surface area contributed by atoms with E-state index in [0.29, 0.717) is 28.9 Å². The predicted octanol–water partition coefficient (Wildman–Crippen LogP) is 1.54. The molecule has 0 atom stereocenters. The quantitative estimate of drug-likeness (QED) is 0.584. The lowest BCUT2D eigenvalue weighted by molar-refractivity contribution is 0.0697. The van der Waals surface area contributed by atoms with Crippen LogP contribution in [0.5, 0.6) is 0 Å². The maximum Gasteiger partial charge on any atom is 0.336 e. The minimum Gasteiger partial charge on any atom is -0.478 e. The van der Waals surface area contributed by atoms with Gasteiger partial charge in [0.25, 0.3) is 5.91 Å². The Morgan fingerprint density at radius 2 is 1.92 bits per heavy atom. The summed E-state index contributed by atoms with van der Waals surface area (Å²) in [5, 5.41) is 9.43. The van der Waals surface area contributed by atoms with E-state index in [1.165, 1.54) is 12.1 Å². The van der Waals surface area contributed by atoms with Crippen molar-refractivity contribution in [3.8, 4) is 11.1 Å². The number of amides is 1. The number of rotatable bonds is 3. The number of carboxylic acid groups (broad SMARTS) is 1. The average Bonchev–Trinajstić information content (AvgIpc) is 2.80. The monoisotopic (exact) mass is 324 g/mol. The summed E-state index contributed by atoms with van der Waals surface area (Å²) in [6, 6.07) is 9.90. The van der Waals surface area contributed by atoms with Gasteiger partial charge in [-0.2, -0.15) is 0 Å². The third-order valence-corrected chi connectivity index (χ3v) is 3.89.